The first-order valence-electron chi connectivity index (χ1n) is 11.9. The fraction of sp³-hybridized carbons (Fsp3) is 0.259. The summed E-state index contributed by atoms with van der Waals surface area (Å²) in [5, 5.41) is 5.85. The highest BCUT2D eigenvalue weighted by Crippen LogP contribution is 2.32. The number of halogens is 5. The molecule has 0 aliphatic carbocycles. The second kappa shape index (κ2) is 11.1. The van der Waals surface area contributed by atoms with Crippen LogP contribution in [0.25, 0.3) is 0 Å². The summed E-state index contributed by atoms with van der Waals surface area (Å²) in [5.74, 6) is -1.58. The van der Waals surface area contributed by atoms with Gasteiger partial charge in [0.1, 0.15) is 17.2 Å². The van der Waals surface area contributed by atoms with Crippen LogP contribution in [0.1, 0.15) is 37.9 Å². The fourth-order valence-corrected chi connectivity index (χ4v) is 3.95. The number of hydrazone groups is 1. The number of carbonyl (C=O) groups excluding carboxylic acids is 2. The van der Waals surface area contributed by atoms with E-state index in [1.807, 2.05) is 0 Å². The Kier molecular flexibility index (Phi) is 8.01. The van der Waals surface area contributed by atoms with Crippen LogP contribution in [0.15, 0.2) is 72.0 Å². The topological polar surface area (TPSA) is 84.3 Å². The summed E-state index contributed by atoms with van der Waals surface area (Å²) in [6, 6.07) is 12.0. The third-order valence-corrected chi connectivity index (χ3v) is 5.70. The highest BCUT2D eigenvalue weighted by Gasteiger charge is 2.39. The molecule has 0 saturated heterocycles. The third-order valence-electron chi connectivity index (χ3n) is 5.48. The molecule has 0 N–H and O–H groups in total. The monoisotopic (exact) mass is 578 g/mol. The number of imide groups is 1. The number of amides is 3. The van der Waals surface area contributed by atoms with Crippen molar-refractivity contribution < 1.29 is 36.6 Å². The number of hydrogen-bond acceptors (Lipinski definition) is 6. The Morgan fingerprint density at radius 3 is 2.20 bits per heavy atom. The zero-order chi connectivity index (χ0) is 29.2. The molecule has 3 amide bonds. The zero-order valence-electron chi connectivity index (χ0n) is 21.4. The van der Waals surface area contributed by atoms with Crippen molar-refractivity contribution in [2.45, 2.75) is 38.7 Å². The SMILES string of the molecule is CC(C)(C)OC(=O)N(C(=O)N1CC(c2ccc(Cl)cn2)C(c2ccc(F)cc2)=N1)c1ccc(OC(F)(F)F)cc1. The second-order valence-electron chi connectivity index (χ2n) is 9.67. The van der Waals surface area contributed by atoms with Crippen LogP contribution >= 0.6 is 11.6 Å². The Labute approximate surface area is 231 Å². The summed E-state index contributed by atoms with van der Waals surface area (Å²) >= 11 is 5.98. The molecule has 0 radical (unpaired) electrons. The molecule has 2 heterocycles. The number of ether oxygens (including phenoxy) is 2. The number of rotatable bonds is 4. The van der Waals surface area contributed by atoms with Crippen molar-refractivity contribution in [1.29, 1.82) is 0 Å². The molecule has 3 aromatic rings. The van der Waals surface area contributed by atoms with Gasteiger partial charge in [-0.2, -0.15) is 10.0 Å². The summed E-state index contributed by atoms with van der Waals surface area (Å²) in [4.78, 5) is 32.0. The van der Waals surface area contributed by atoms with Gasteiger partial charge in [-0.3, -0.25) is 4.98 Å². The lowest BCUT2D eigenvalue weighted by atomic mass is 9.94. The lowest BCUT2D eigenvalue weighted by molar-refractivity contribution is -0.274. The number of alkyl halides is 3. The van der Waals surface area contributed by atoms with Gasteiger partial charge in [-0.25, -0.2) is 19.0 Å². The van der Waals surface area contributed by atoms with Gasteiger partial charge >= 0.3 is 18.5 Å². The molecule has 13 heteroatoms. The first-order chi connectivity index (χ1) is 18.7. The van der Waals surface area contributed by atoms with E-state index in [4.69, 9.17) is 16.3 Å². The molecule has 1 atom stereocenters. The molecule has 40 heavy (non-hydrogen) atoms. The minimum atomic E-state index is -4.92. The molecule has 1 aliphatic rings. The average Bonchev–Trinajstić information content (AvgIpc) is 3.30. The van der Waals surface area contributed by atoms with E-state index in [1.54, 1.807) is 32.9 Å². The van der Waals surface area contributed by atoms with Crippen molar-refractivity contribution in [3.63, 3.8) is 0 Å². The Morgan fingerprint density at radius 2 is 1.65 bits per heavy atom. The van der Waals surface area contributed by atoms with E-state index < -0.39 is 41.6 Å². The smallest absolute Gasteiger partial charge is 0.443 e. The number of urea groups is 1. The predicted octanol–water partition coefficient (Wildman–Crippen LogP) is 7.14. The van der Waals surface area contributed by atoms with Gasteiger partial charge in [-0.15, -0.1) is 13.2 Å². The standard InChI is InChI=1S/C27H23ClF4N4O4/c1-26(2,3)40-25(38)36(19-9-11-20(12-10-19)39-27(30,31)32)24(37)35-15-21(22-13-6-17(28)14-33-22)23(34-35)16-4-7-18(29)8-5-16/h4-14,21H,15H2,1-3H3. The van der Waals surface area contributed by atoms with Crippen LogP contribution in [0.2, 0.25) is 5.02 Å². The number of hydrogen-bond donors (Lipinski definition) is 0. The molecule has 0 spiro atoms. The molecule has 0 fully saturated rings. The Balaban J connectivity index is 1.72. The van der Waals surface area contributed by atoms with Gasteiger partial charge in [0.05, 0.1) is 34.6 Å². The van der Waals surface area contributed by atoms with Gasteiger partial charge in [0.2, 0.25) is 0 Å². The summed E-state index contributed by atoms with van der Waals surface area (Å²) in [6.45, 7) is 4.72. The summed E-state index contributed by atoms with van der Waals surface area (Å²) in [6.07, 6.45) is -4.57. The molecule has 0 saturated carbocycles. The molecule has 0 bridgehead atoms. The second-order valence-corrected chi connectivity index (χ2v) is 10.1. The molecule has 1 aromatic heterocycles. The number of aromatic nitrogens is 1. The molecular formula is C27H23ClF4N4O4. The largest absolute Gasteiger partial charge is 0.573 e. The van der Waals surface area contributed by atoms with Crippen molar-refractivity contribution in [2.24, 2.45) is 5.10 Å². The Bertz CT molecular complexity index is 1410. The van der Waals surface area contributed by atoms with Gasteiger partial charge in [-0.05, 0) is 74.9 Å². The van der Waals surface area contributed by atoms with Gasteiger partial charge in [0.15, 0.2) is 0 Å². The summed E-state index contributed by atoms with van der Waals surface area (Å²) in [7, 11) is 0. The van der Waals surface area contributed by atoms with Gasteiger partial charge < -0.3 is 9.47 Å². The van der Waals surface area contributed by atoms with Crippen LogP contribution < -0.4 is 9.64 Å². The van der Waals surface area contributed by atoms with Crippen molar-refractivity contribution in [3.05, 3.63) is 89.0 Å². The molecule has 4 rings (SSSR count). The quantitative estimate of drug-likeness (QED) is 0.307. The van der Waals surface area contributed by atoms with Crippen LogP contribution in [-0.2, 0) is 4.74 Å². The first kappa shape index (κ1) is 28.8. The number of carbonyl (C=O) groups is 2. The van der Waals surface area contributed by atoms with Gasteiger partial charge in [0.25, 0.3) is 0 Å². The van der Waals surface area contributed by atoms with Gasteiger partial charge in [0, 0.05) is 6.20 Å². The lowest BCUT2D eigenvalue weighted by Crippen LogP contribution is -2.46. The minimum Gasteiger partial charge on any atom is -0.443 e. The van der Waals surface area contributed by atoms with E-state index in [0.29, 0.717) is 26.9 Å². The first-order valence-corrected chi connectivity index (χ1v) is 12.2. The molecule has 1 aliphatic heterocycles. The molecule has 2 aromatic carbocycles. The Hall–Kier alpha value is -4.19. The molecule has 1 unspecified atom stereocenters. The van der Waals surface area contributed by atoms with Crippen LogP contribution in [-0.4, -0.2) is 46.3 Å². The number of pyridine rings is 1. The molecule has 210 valence electrons. The van der Waals surface area contributed by atoms with Crippen molar-refractivity contribution in [1.82, 2.24) is 9.99 Å². The maximum atomic E-state index is 13.8. The van der Waals surface area contributed by atoms with E-state index in [1.165, 1.54) is 30.5 Å². The average molecular weight is 579 g/mol. The Morgan fingerprint density at radius 1 is 1.00 bits per heavy atom. The van der Waals surface area contributed by atoms with E-state index in [9.17, 15) is 27.2 Å². The van der Waals surface area contributed by atoms with Gasteiger partial charge in [-0.1, -0.05) is 23.7 Å². The zero-order valence-corrected chi connectivity index (χ0v) is 22.2. The number of nitrogens with zero attached hydrogens (tertiary/aromatic N) is 4. The number of benzene rings is 2. The van der Waals surface area contributed by atoms with E-state index in [2.05, 4.69) is 14.8 Å². The highest BCUT2D eigenvalue weighted by atomic mass is 35.5. The maximum Gasteiger partial charge on any atom is 0.573 e. The predicted molar refractivity (Wildman–Crippen MR) is 139 cm³/mol. The number of anilines is 1. The van der Waals surface area contributed by atoms with Crippen LogP contribution in [0, 0.1) is 5.82 Å². The molecular weight excluding hydrogens is 556 g/mol. The summed E-state index contributed by atoms with van der Waals surface area (Å²) in [5.41, 5.74) is 0.316. The van der Waals surface area contributed by atoms with Crippen molar-refractivity contribution in [3.8, 4) is 5.75 Å². The van der Waals surface area contributed by atoms with Crippen LogP contribution in [0.3, 0.4) is 0 Å². The van der Waals surface area contributed by atoms with Crippen LogP contribution in [0.5, 0.6) is 5.75 Å². The lowest BCUT2D eigenvalue weighted by Gasteiger charge is -2.28. The highest BCUT2D eigenvalue weighted by molar-refractivity contribution is 6.30. The van der Waals surface area contributed by atoms with E-state index in [0.717, 1.165) is 29.3 Å². The van der Waals surface area contributed by atoms with Crippen molar-refractivity contribution >= 4 is 35.1 Å². The van der Waals surface area contributed by atoms with Crippen LogP contribution in [0.4, 0.5) is 32.8 Å². The third kappa shape index (κ3) is 7.06. The van der Waals surface area contributed by atoms with Crippen molar-refractivity contribution in [2.75, 3.05) is 11.4 Å². The normalized spacial score (nSPS) is 15.4. The van der Waals surface area contributed by atoms with E-state index >= 15 is 0 Å². The summed E-state index contributed by atoms with van der Waals surface area (Å²) < 4.78 is 60.8. The fourth-order valence-electron chi connectivity index (χ4n) is 3.84. The van der Waals surface area contributed by atoms with E-state index in [-0.39, 0.29) is 12.2 Å². The maximum absolute atomic E-state index is 13.8. The minimum absolute atomic E-state index is 0.0608. The molecule has 8 nitrogen and oxygen atoms in total.